The number of carbonyl (C=O) groups excluding carboxylic acids is 1. The fourth-order valence-electron chi connectivity index (χ4n) is 6.35. The maximum atomic E-state index is 12.8. The fraction of sp³-hybridized carbons (Fsp3) is 0.400. The zero-order valence-electron chi connectivity index (χ0n) is 20.5. The first-order valence-electron chi connectivity index (χ1n) is 12.6. The van der Waals surface area contributed by atoms with Gasteiger partial charge in [-0.25, -0.2) is 0 Å². The molecule has 3 aromatic rings. The molecule has 2 aromatic carbocycles. The van der Waals surface area contributed by atoms with E-state index in [4.69, 9.17) is 0 Å². The molecular weight excluding hydrogens is 418 g/mol. The van der Waals surface area contributed by atoms with Crippen molar-refractivity contribution in [3.05, 3.63) is 77.0 Å². The largest absolute Gasteiger partial charge is 0.315 e. The number of aromatic nitrogens is 1. The van der Waals surface area contributed by atoms with Gasteiger partial charge < -0.3 is 9.47 Å². The number of rotatable bonds is 6. The fourth-order valence-corrected chi connectivity index (χ4v) is 6.35. The van der Waals surface area contributed by atoms with Crippen LogP contribution in [0.4, 0.5) is 0 Å². The lowest BCUT2D eigenvalue weighted by molar-refractivity contribution is 0.0777. The monoisotopic (exact) mass is 451 g/mol. The predicted octanol–water partition coefficient (Wildman–Crippen LogP) is 7.04. The molecule has 0 radical (unpaired) electrons. The van der Waals surface area contributed by atoms with Crippen LogP contribution in [0.5, 0.6) is 0 Å². The summed E-state index contributed by atoms with van der Waals surface area (Å²) < 4.78 is 2.39. The Kier molecular flexibility index (Phi) is 5.81. The SMILES string of the molecule is CC[C@]12C=C(C)n3c(c(CCCC(=O)c4ccc(C)cc4)c4ccccc43)[C@H]1N(C#N)CCC2. The maximum absolute atomic E-state index is 12.8. The van der Waals surface area contributed by atoms with Crippen LogP contribution in [0.2, 0.25) is 0 Å². The molecule has 0 bridgehead atoms. The van der Waals surface area contributed by atoms with Gasteiger partial charge in [0.25, 0.3) is 0 Å². The first-order chi connectivity index (χ1) is 16.5. The third-order valence-electron chi connectivity index (χ3n) is 8.02. The number of nitriles is 1. The number of benzene rings is 2. The highest BCUT2D eigenvalue weighted by atomic mass is 16.1. The number of nitrogens with zero attached hydrogens (tertiary/aromatic N) is 3. The molecule has 0 amide bonds. The van der Waals surface area contributed by atoms with Gasteiger partial charge in [-0.15, -0.1) is 0 Å². The zero-order valence-corrected chi connectivity index (χ0v) is 20.5. The Bertz CT molecular complexity index is 1310. The molecule has 0 unspecified atom stereocenters. The third-order valence-corrected chi connectivity index (χ3v) is 8.02. The molecule has 1 fully saturated rings. The Balaban J connectivity index is 1.55. The van der Waals surface area contributed by atoms with E-state index in [0.717, 1.165) is 44.2 Å². The molecule has 0 N–H and O–H groups in total. The molecule has 0 aliphatic carbocycles. The van der Waals surface area contributed by atoms with E-state index in [2.05, 4.69) is 54.9 Å². The van der Waals surface area contributed by atoms with Gasteiger partial charge in [0, 0.05) is 35.0 Å². The highest BCUT2D eigenvalue weighted by Crippen LogP contribution is 2.55. The topological polar surface area (TPSA) is 49.0 Å². The van der Waals surface area contributed by atoms with Crippen molar-refractivity contribution < 1.29 is 4.79 Å². The van der Waals surface area contributed by atoms with E-state index in [1.807, 2.05) is 36.1 Å². The average molecular weight is 452 g/mol. The molecule has 0 saturated carbocycles. The van der Waals surface area contributed by atoms with Crippen molar-refractivity contribution in [1.29, 1.82) is 5.26 Å². The molecular formula is C30H33N3O. The molecule has 3 heterocycles. The Labute approximate surface area is 202 Å². The number of Topliss-reactive ketones (excluding diaryl/α,β-unsaturated/α-hetero) is 1. The second-order valence-corrected chi connectivity index (χ2v) is 10.0. The van der Waals surface area contributed by atoms with Gasteiger partial charge in [0.05, 0.1) is 17.3 Å². The van der Waals surface area contributed by atoms with E-state index < -0.39 is 0 Å². The molecule has 1 aromatic heterocycles. The van der Waals surface area contributed by atoms with Crippen molar-refractivity contribution in [2.24, 2.45) is 5.41 Å². The van der Waals surface area contributed by atoms with Crippen LogP contribution >= 0.6 is 0 Å². The highest BCUT2D eigenvalue weighted by Gasteiger charge is 2.48. The first kappa shape index (κ1) is 22.5. The number of aryl methyl sites for hydroxylation is 2. The first-order valence-corrected chi connectivity index (χ1v) is 12.6. The van der Waals surface area contributed by atoms with Crippen molar-refractivity contribution in [3.63, 3.8) is 0 Å². The molecule has 1 saturated heterocycles. The van der Waals surface area contributed by atoms with E-state index in [9.17, 15) is 10.1 Å². The molecule has 174 valence electrons. The minimum Gasteiger partial charge on any atom is -0.315 e. The molecule has 2 aliphatic rings. The summed E-state index contributed by atoms with van der Waals surface area (Å²) in [5, 5.41) is 11.3. The third kappa shape index (κ3) is 3.55. The number of carbonyl (C=O) groups is 1. The van der Waals surface area contributed by atoms with Crippen LogP contribution in [-0.2, 0) is 6.42 Å². The maximum Gasteiger partial charge on any atom is 0.179 e. The summed E-state index contributed by atoms with van der Waals surface area (Å²) >= 11 is 0. The number of fused-ring (bicyclic) bond motifs is 5. The Morgan fingerprint density at radius 1 is 1.15 bits per heavy atom. The van der Waals surface area contributed by atoms with Gasteiger partial charge in [0.1, 0.15) is 0 Å². The van der Waals surface area contributed by atoms with E-state index in [1.165, 1.54) is 33.4 Å². The van der Waals surface area contributed by atoms with Crippen molar-refractivity contribution in [3.8, 4) is 6.19 Å². The molecule has 34 heavy (non-hydrogen) atoms. The number of hydrogen-bond donors (Lipinski definition) is 0. The van der Waals surface area contributed by atoms with Crippen LogP contribution in [0.25, 0.3) is 16.6 Å². The summed E-state index contributed by atoms with van der Waals surface area (Å²) in [6, 6.07) is 16.5. The van der Waals surface area contributed by atoms with Gasteiger partial charge in [-0.3, -0.25) is 4.79 Å². The number of hydrogen-bond acceptors (Lipinski definition) is 3. The smallest absolute Gasteiger partial charge is 0.179 e. The number of ketones is 1. The van der Waals surface area contributed by atoms with Crippen LogP contribution in [0.3, 0.4) is 0 Å². The van der Waals surface area contributed by atoms with Crippen molar-refractivity contribution >= 4 is 22.4 Å². The average Bonchev–Trinajstić information content (AvgIpc) is 3.18. The minimum absolute atomic E-state index is 0.0189. The van der Waals surface area contributed by atoms with Crippen LogP contribution < -0.4 is 0 Å². The second kappa shape index (κ2) is 8.80. The molecule has 2 atom stereocenters. The van der Waals surface area contributed by atoms with Crippen LogP contribution in [0, 0.1) is 23.8 Å². The summed E-state index contributed by atoms with van der Waals surface area (Å²) in [5.74, 6) is 0.202. The van der Waals surface area contributed by atoms with E-state index in [0.29, 0.717) is 6.42 Å². The van der Waals surface area contributed by atoms with E-state index in [-0.39, 0.29) is 17.2 Å². The minimum atomic E-state index is -0.0189. The zero-order chi connectivity index (χ0) is 23.9. The normalized spacial score (nSPS) is 21.5. The summed E-state index contributed by atoms with van der Waals surface area (Å²) in [4.78, 5) is 14.9. The standard InChI is InChI=1S/C30H33N3O/c1-4-30-17-8-18-32(20-31)29(30)28-25(10-7-12-27(34)23-15-13-21(2)14-16-23)24-9-5-6-11-26(24)33(28)22(3)19-30/h5-6,9,11,13-16,19,29H,4,7-8,10,12,17-18H2,1-3H3/t29-,30+/m1/s1. The molecule has 0 spiro atoms. The summed E-state index contributed by atoms with van der Waals surface area (Å²) in [6.07, 6.45) is 10.3. The van der Waals surface area contributed by atoms with E-state index >= 15 is 0 Å². The molecule has 4 nitrogen and oxygen atoms in total. The highest BCUT2D eigenvalue weighted by molar-refractivity contribution is 5.96. The number of para-hydroxylation sites is 1. The Hall–Kier alpha value is -3.32. The predicted molar refractivity (Wildman–Crippen MR) is 137 cm³/mol. The van der Waals surface area contributed by atoms with Gasteiger partial charge in [-0.05, 0) is 57.6 Å². The summed E-state index contributed by atoms with van der Waals surface area (Å²) in [7, 11) is 0. The van der Waals surface area contributed by atoms with Gasteiger partial charge >= 0.3 is 0 Å². The Morgan fingerprint density at radius 3 is 2.65 bits per heavy atom. The van der Waals surface area contributed by atoms with Crippen LogP contribution in [0.1, 0.15) is 79.2 Å². The second-order valence-electron chi connectivity index (χ2n) is 10.0. The van der Waals surface area contributed by atoms with Crippen molar-refractivity contribution in [2.45, 2.75) is 65.3 Å². The summed E-state index contributed by atoms with van der Waals surface area (Å²) in [6.45, 7) is 7.32. The van der Waals surface area contributed by atoms with Crippen LogP contribution in [-0.4, -0.2) is 21.8 Å². The lowest BCUT2D eigenvalue weighted by atomic mass is 9.67. The van der Waals surface area contributed by atoms with Crippen molar-refractivity contribution in [1.82, 2.24) is 9.47 Å². The van der Waals surface area contributed by atoms with Gasteiger partial charge in [0.2, 0.25) is 0 Å². The molecule has 5 rings (SSSR count). The van der Waals surface area contributed by atoms with E-state index in [1.54, 1.807) is 0 Å². The van der Waals surface area contributed by atoms with Gasteiger partial charge in [0.15, 0.2) is 12.0 Å². The number of allylic oxidation sites excluding steroid dienone is 1. The quantitative estimate of drug-likeness (QED) is 0.298. The van der Waals surface area contributed by atoms with Gasteiger partial charge in [-0.1, -0.05) is 61.0 Å². The summed E-state index contributed by atoms with van der Waals surface area (Å²) in [5.41, 5.74) is 6.98. The lowest BCUT2D eigenvalue weighted by Crippen LogP contribution is -2.46. The van der Waals surface area contributed by atoms with Crippen LogP contribution in [0.15, 0.2) is 54.6 Å². The van der Waals surface area contributed by atoms with Gasteiger partial charge in [-0.2, -0.15) is 5.26 Å². The Morgan fingerprint density at radius 2 is 1.91 bits per heavy atom. The molecule has 2 aliphatic heterocycles. The number of likely N-dealkylation sites (tertiary alicyclic amines) is 1. The van der Waals surface area contributed by atoms with Crippen molar-refractivity contribution in [2.75, 3.05) is 6.54 Å². The number of piperidine rings is 1. The molecule has 4 heteroatoms. The lowest BCUT2D eigenvalue weighted by Gasteiger charge is -2.49.